The number of nitrogens with zero attached hydrogens (tertiary/aromatic N) is 1. The molecular formula is C23H26N2O3. The van der Waals surface area contributed by atoms with Crippen LogP contribution in [-0.2, 0) is 19.7 Å². The van der Waals surface area contributed by atoms with Crippen LogP contribution in [0.4, 0.5) is 0 Å². The number of pyridine rings is 1. The maximum Gasteiger partial charge on any atom is 0.217 e. The monoisotopic (exact) mass is 378 g/mol. The normalized spacial score (nSPS) is 10.5. The average molecular weight is 378 g/mol. The van der Waals surface area contributed by atoms with E-state index in [9.17, 15) is 0 Å². The molecule has 5 nitrogen and oxygen atoms in total. The molecule has 0 bridgehead atoms. The molecule has 2 aromatic carbocycles. The van der Waals surface area contributed by atoms with E-state index in [1.165, 1.54) is 0 Å². The lowest BCUT2D eigenvalue weighted by molar-refractivity contribution is 0.284. The molecule has 0 saturated carbocycles. The summed E-state index contributed by atoms with van der Waals surface area (Å²) in [4.78, 5) is 4.29. The molecular weight excluding hydrogens is 352 g/mol. The first-order chi connectivity index (χ1) is 13.8. The lowest BCUT2D eigenvalue weighted by Crippen LogP contribution is -2.14. The zero-order valence-corrected chi connectivity index (χ0v) is 16.4. The van der Waals surface area contributed by atoms with E-state index in [4.69, 9.17) is 14.2 Å². The van der Waals surface area contributed by atoms with E-state index in [2.05, 4.69) is 10.3 Å². The van der Waals surface area contributed by atoms with Gasteiger partial charge in [0.15, 0.2) is 11.5 Å². The molecule has 1 aromatic heterocycles. The van der Waals surface area contributed by atoms with Gasteiger partial charge in [0.1, 0.15) is 6.61 Å². The Hall–Kier alpha value is -3.05. The summed E-state index contributed by atoms with van der Waals surface area (Å²) in [6.45, 7) is 4.44. The van der Waals surface area contributed by atoms with Gasteiger partial charge in [0.25, 0.3) is 0 Å². The third-order valence-corrected chi connectivity index (χ3v) is 4.24. The Morgan fingerprint density at radius 2 is 1.71 bits per heavy atom. The van der Waals surface area contributed by atoms with E-state index in [1.54, 1.807) is 13.3 Å². The zero-order chi connectivity index (χ0) is 19.6. The van der Waals surface area contributed by atoms with E-state index in [0.717, 1.165) is 28.2 Å². The molecule has 0 aliphatic carbocycles. The van der Waals surface area contributed by atoms with Crippen LogP contribution in [0.25, 0.3) is 0 Å². The van der Waals surface area contributed by atoms with Crippen LogP contribution >= 0.6 is 0 Å². The molecule has 0 radical (unpaired) electrons. The minimum absolute atomic E-state index is 0.501. The van der Waals surface area contributed by atoms with Gasteiger partial charge in [-0.1, -0.05) is 42.5 Å². The Morgan fingerprint density at radius 1 is 0.857 bits per heavy atom. The van der Waals surface area contributed by atoms with Crippen LogP contribution in [0.5, 0.6) is 17.4 Å². The SMILES string of the molecule is CCOc1ncccc1CNCc1ccc(OC)c(OCc2ccccc2)c1. The number of hydrogen-bond donors (Lipinski definition) is 1. The molecule has 0 unspecified atom stereocenters. The minimum atomic E-state index is 0.501. The minimum Gasteiger partial charge on any atom is -0.493 e. The molecule has 0 fully saturated rings. The Kier molecular flexibility index (Phi) is 7.27. The third-order valence-electron chi connectivity index (χ3n) is 4.24. The van der Waals surface area contributed by atoms with E-state index in [1.807, 2.05) is 67.6 Å². The fraction of sp³-hybridized carbons (Fsp3) is 0.261. The lowest BCUT2D eigenvalue weighted by Gasteiger charge is -2.13. The highest BCUT2D eigenvalue weighted by molar-refractivity contribution is 5.43. The molecule has 0 aliphatic heterocycles. The van der Waals surface area contributed by atoms with Crippen LogP contribution in [0.1, 0.15) is 23.6 Å². The largest absolute Gasteiger partial charge is 0.493 e. The summed E-state index contributed by atoms with van der Waals surface area (Å²) in [5, 5.41) is 3.44. The first-order valence-electron chi connectivity index (χ1n) is 9.41. The van der Waals surface area contributed by atoms with Crippen LogP contribution in [0.3, 0.4) is 0 Å². The van der Waals surface area contributed by atoms with Gasteiger partial charge in [-0.05, 0) is 36.2 Å². The molecule has 0 spiro atoms. The zero-order valence-electron chi connectivity index (χ0n) is 16.4. The predicted molar refractivity (Wildman–Crippen MR) is 110 cm³/mol. The number of nitrogens with one attached hydrogen (secondary N) is 1. The van der Waals surface area contributed by atoms with Crippen LogP contribution in [0.15, 0.2) is 66.9 Å². The summed E-state index contributed by atoms with van der Waals surface area (Å²) in [6, 6.07) is 20.0. The summed E-state index contributed by atoms with van der Waals surface area (Å²) in [7, 11) is 1.65. The molecule has 0 saturated heterocycles. The highest BCUT2D eigenvalue weighted by atomic mass is 16.5. The standard InChI is InChI=1S/C23H26N2O3/c1-3-27-23-20(10-7-13-25-23)16-24-15-19-11-12-21(26-2)22(14-19)28-17-18-8-5-4-6-9-18/h4-14,24H,3,15-17H2,1-2H3. The summed E-state index contributed by atoms with van der Waals surface area (Å²) < 4.78 is 17.0. The molecule has 3 rings (SSSR count). The van der Waals surface area contributed by atoms with E-state index in [0.29, 0.717) is 32.2 Å². The molecule has 1 N–H and O–H groups in total. The molecule has 0 amide bonds. The summed E-state index contributed by atoms with van der Waals surface area (Å²) >= 11 is 0. The van der Waals surface area contributed by atoms with Gasteiger partial charge in [0, 0.05) is 24.8 Å². The van der Waals surface area contributed by atoms with Gasteiger partial charge >= 0.3 is 0 Å². The molecule has 146 valence electrons. The van der Waals surface area contributed by atoms with Crippen molar-refractivity contribution in [3.8, 4) is 17.4 Å². The van der Waals surface area contributed by atoms with E-state index >= 15 is 0 Å². The number of aromatic nitrogens is 1. The van der Waals surface area contributed by atoms with Crippen molar-refractivity contribution in [2.24, 2.45) is 0 Å². The first-order valence-corrected chi connectivity index (χ1v) is 9.41. The number of methoxy groups -OCH3 is 1. The Morgan fingerprint density at radius 3 is 2.50 bits per heavy atom. The molecule has 5 heteroatoms. The summed E-state index contributed by atoms with van der Waals surface area (Å²) in [5.74, 6) is 2.15. The van der Waals surface area contributed by atoms with Crippen molar-refractivity contribution >= 4 is 0 Å². The van der Waals surface area contributed by atoms with Crippen molar-refractivity contribution in [1.29, 1.82) is 0 Å². The first kappa shape index (κ1) is 19.7. The Balaban J connectivity index is 1.61. The molecule has 0 aliphatic rings. The number of rotatable bonds is 10. The van der Waals surface area contributed by atoms with Crippen molar-refractivity contribution in [1.82, 2.24) is 10.3 Å². The van der Waals surface area contributed by atoms with Crippen molar-refractivity contribution in [2.75, 3.05) is 13.7 Å². The highest BCUT2D eigenvalue weighted by Gasteiger charge is 2.08. The molecule has 3 aromatic rings. The van der Waals surface area contributed by atoms with Gasteiger partial charge in [-0.25, -0.2) is 4.98 Å². The third kappa shape index (κ3) is 5.47. The van der Waals surface area contributed by atoms with Gasteiger partial charge in [0.05, 0.1) is 13.7 Å². The maximum absolute atomic E-state index is 5.99. The topological polar surface area (TPSA) is 52.6 Å². The number of benzene rings is 2. The second-order valence-corrected chi connectivity index (χ2v) is 6.26. The molecule has 0 atom stereocenters. The van der Waals surface area contributed by atoms with E-state index in [-0.39, 0.29) is 0 Å². The molecule has 28 heavy (non-hydrogen) atoms. The van der Waals surface area contributed by atoms with Crippen molar-refractivity contribution in [2.45, 2.75) is 26.6 Å². The smallest absolute Gasteiger partial charge is 0.217 e. The average Bonchev–Trinajstić information content (AvgIpc) is 2.74. The van der Waals surface area contributed by atoms with Crippen LogP contribution in [0, 0.1) is 0 Å². The van der Waals surface area contributed by atoms with Gasteiger partial charge in [0.2, 0.25) is 5.88 Å². The van der Waals surface area contributed by atoms with Crippen molar-refractivity contribution < 1.29 is 14.2 Å². The van der Waals surface area contributed by atoms with Gasteiger partial charge in [-0.15, -0.1) is 0 Å². The van der Waals surface area contributed by atoms with E-state index < -0.39 is 0 Å². The second-order valence-electron chi connectivity index (χ2n) is 6.26. The molecule has 1 heterocycles. The Bertz CT molecular complexity index is 869. The number of ether oxygens (including phenoxy) is 3. The summed E-state index contributed by atoms with van der Waals surface area (Å²) in [5.41, 5.74) is 3.28. The van der Waals surface area contributed by atoms with Crippen molar-refractivity contribution in [3.63, 3.8) is 0 Å². The summed E-state index contributed by atoms with van der Waals surface area (Å²) in [6.07, 6.45) is 1.74. The van der Waals surface area contributed by atoms with Crippen LogP contribution in [0.2, 0.25) is 0 Å². The quantitative estimate of drug-likeness (QED) is 0.568. The van der Waals surface area contributed by atoms with Crippen LogP contribution < -0.4 is 19.5 Å². The van der Waals surface area contributed by atoms with Crippen molar-refractivity contribution in [3.05, 3.63) is 83.6 Å². The number of hydrogen-bond acceptors (Lipinski definition) is 5. The lowest BCUT2D eigenvalue weighted by atomic mass is 10.2. The van der Waals surface area contributed by atoms with Gasteiger partial charge in [-0.3, -0.25) is 0 Å². The highest BCUT2D eigenvalue weighted by Crippen LogP contribution is 2.29. The van der Waals surface area contributed by atoms with Crippen LogP contribution in [-0.4, -0.2) is 18.7 Å². The van der Waals surface area contributed by atoms with Gasteiger partial charge < -0.3 is 19.5 Å². The fourth-order valence-electron chi connectivity index (χ4n) is 2.85. The maximum atomic E-state index is 5.99. The predicted octanol–water partition coefficient (Wildman–Crippen LogP) is 4.36. The van der Waals surface area contributed by atoms with Gasteiger partial charge in [-0.2, -0.15) is 0 Å². The fourth-order valence-corrected chi connectivity index (χ4v) is 2.85. The second kappa shape index (κ2) is 10.3. The Labute approximate surface area is 166 Å².